The van der Waals surface area contributed by atoms with Gasteiger partial charge >= 0.3 is 0 Å². The van der Waals surface area contributed by atoms with E-state index in [0.29, 0.717) is 11.3 Å². The van der Waals surface area contributed by atoms with Gasteiger partial charge in [0.25, 0.3) is 0 Å². The van der Waals surface area contributed by atoms with Crippen LogP contribution in [-0.2, 0) is 0 Å². The monoisotopic (exact) mass is 149 g/mol. The van der Waals surface area contributed by atoms with Gasteiger partial charge in [0.05, 0.1) is 5.70 Å². The van der Waals surface area contributed by atoms with Crippen LogP contribution in [0.4, 0.5) is 4.39 Å². The molecule has 0 atom stereocenters. The minimum Gasteiger partial charge on any atom is -0.265 e. The second-order valence-corrected chi connectivity index (χ2v) is 2.12. The van der Waals surface area contributed by atoms with Crippen molar-refractivity contribution < 1.29 is 4.39 Å². The molecule has 11 heavy (non-hydrogen) atoms. The Morgan fingerprint density at radius 1 is 1.45 bits per heavy atom. The molecule has 0 amide bonds. The maximum absolute atomic E-state index is 12.6. The van der Waals surface area contributed by atoms with Crippen molar-refractivity contribution in [2.75, 3.05) is 0 Å². The first-order valence-corrected chi connectivity index (χ1v) is 3.15. The van der Waals surface area contributed by atoms with Crippen LogP contribution < -0.4 is 0 Å². The lowest BCUT2D eigenvalue weighted by atomic mass is 10.2. The Morgan fingerprint density at radius 3 is 2.73 bits per heavy atom. The van der Waals surface area contributed by atoms with Gasteiger partial charge in [-0.3, -0.25) is 4.99 Å². The van der Waals surface area contributed by atoms with E-state index < -0.39 is 0 Å². The third-order valence-electron chi connectivity index (χ3n) is 1.35. The molecular weight excluding hydrogens is 141 g/mol. The highest BCUT2D eigenvalue weighted by molar-refractivity contribution is 5.65. The highest BCUT2D eigenvalue weighted by atomic mass is 19.1. The lowest BCUT2D eigenvalue weighted by Crippen LogP contribution is -1.80. The van der Waals surface area contributed by atoms with E-state index in [0.717, 1.165) is 0 Å². The Bertz CT molecular complexity index is 291. The maximum Gasteiger partial charge on any atom is 0.123 e. The molecule has 0 radical (unpaired) electrons. The number of benzene rings is 1. The highest BCUT2D eigenvalue weighted by Gasteiger charge is 1.95. The first kappa shape index (κ1) is 7.66. The third-order valence-corrected chi connectivity index (χ3v) is 1.35. The van der Waals surface area contributed by atoms with E-state index in [4.69, 9.17) is 0 Å². The van der Waals surface area contributed by atoms with Crippen molar-refractivity contribution in [3.63, 3.8) is 0 Å². The maximum atomic E-state index is 12.6. The van der Waals surface area contributed by atoms with Crippen LogP contribution in [0.15, 0.2) is 35.8 Å². The second-order valence-electron chi connectivity index (χ2n) is 2.12. The van der Waals surface area contributed by atoms with E-state index in [9.17, 15) is 4.39 Å². The van der Waals surface area contributed by atoms with Gasteiger partial charge in [-0.2, -0.15) is 0 Å². The normalized spacial score (nSPS) is 9.18. The molecule has 0 aromatic heterocycles. The molecule has 1 nitrogen and oxygen atoms in total. The van der Waals surface area contributed by atoms with Crippen LogP contribution in [0.3, 0.4) is 0 Å². The zero-order valence-electron chi connectivity index (χ0n) is 6.05. The second kappa shape index (κ2) is 3.10. The van der Waals surface area contributed by atoms with Crippen molar-refractivity contribution in [3.05, 3.63) is 42.2 Å². The molecule has 2 heteroatoms. The van der Waals surface area contributed by atoms with Crippen LogP contribution in [-0.4, -0.2) is 6.72 Å². The zero-order chi connectivity index (χ0) is 8.27. The van der Waals surface area contributed by atoms with E-state index in [1.54, 1.807) is 12.1 Å². The molecule has 0 saturated carbocycles. The summed E-state index contributed by atoms with van der Waals surface area (Å²) in [6, 6.07) is 6.10. The fourth-order valence-corrected chi connectivity index (χ4v) is 0.759. The minimum atomic E-state index is -0.285. The van der Waals surface area contributed by atoms with Gasteiger partial charge in [-0.1, -0.05) is 18.7 Å². The molecule has 0 spiro atoms. The van der Waals surface area contributed by atoms with Crippen LogP contribution >= 0.6 is 0 Å². The smallest absolute Gasteiger partial charge is 0.123 e. The molecule has 1 aromatic rings. The summed E-state index contributed by atoms with van der Waals surface area (Å²) in [6.07, 6.45) is 0. The molecule has 0 saturated heterocycles. The average molecular weight is 149 g/mol. The van der Waals surface area contributed by atoms with Crippen molar-refractivity contribution in [1.82, 2.24) is 0 Å². The molecule has 0 unspecified atom stereocenters. The topological polar surface area (TPSA) is 12.4 Å². The predicted molar refractivity (Wildman–Crippen MR) is 45.0 cm³/mol. The molecular formula is C9H8FN. The molecule has 0 bridgehead atoms. The van der Waals surface area contributed by atoms with E-state index in [1.165, 1.54) is 12.1 Å². The van der Waals surface area contributed by atoms with Crippen molar-refractivity contribution in [1.29, 1.82) is 0 Å². The van der Waals surface area contributed by atoms with Gasteiger partial charge in [-0.05, 0) is 18.9 Å². The molecule has 0 fully saturated rings. The van der Waals surface area contributed by atoms with Crippen LogP contribution in [0.25, 0.3) is 5.70 Å². The molecule has 0 aliphatic rings. The highest BCUT2D eigenvalue weighted by Crippen LogP contribution is 2.13. The summed E-state index contributed by atoms with van der Waals surface area (Å²) < 4.78 is 12.6. The molecule has 56 valence electrons. The summed E-state index contributed by atoms with van der Waals surface area (Å²) in [7, 11) is 0. The van der Waals surface area contributed by atoms with Gasteiger partial charge in [0.1, 0.15) is 5.82 Å². The zero-order valence-corrected chi connectivity index (χ0v) is 6.05. The Balaban J connectivity index is 3.05. The van der Waals surface area contributed by atoms with Gasteiger partial charge < -0.3 is 0 Å². The summed E-state index contributed by atoms with van der Waals surface area (Å²) >= 11 is 0. The minimum absolute atomic E-state index is 0.285. The van der Waals surface area contributed by atoms with Crippen LogP contribution in [0.2, 0.25) is 0 Å². The first-order chi connectivity index (χ1) is 5.24. The summed E-state index contributed by atoms with van der Waals surface area (Å²) in [6.45, 7) is 6.88. The predicted octanol–water partition coefficient (Wildman–Crippen LogP) is 2.50. The molecule has 0 aliphatic carbocycles. The molecule has 0 aliphatic heterocycles. The molecule has 0 heterocycles. The quantitative estimate of drug-likeness (QED) is 0.573. The number of hydrogen-bond acceptors (Lipinski definition) is 1. The van der Waals surface area contributed by atoms with Crippen molar-refractivity contribution in [2.24, 2.45) is 4.99 Å². The molecule has 1 aromatic carbocycles. The van der Waals surface area contributed by atoms with Crippen LogP contribution in [0, 0.1) is 5.82 Å². The van der Waals surface area contributed by atoms with Gasteiger partial charge in [-0.15, -0.1) is 0 Å². The number of rotatable bonds is 2. The fourth-order valence-electron chi connectivity index (χ4n) is 0.759. The van der Waals surface area contributed by atoms with Gasteiger partial charge in [0, 0.05) is 5.56 Å². The van der Waals surface area contributed by atoms with E-state index in [1.807, 2.05) is 0 Å². The standard InChI is InChI=1S/C9H8FN/c1-7(11-2)8-4-3-5-9(10)6-8/h3-6H,1-2H2. The van der Waals surface area contributed by atoms with Crippen LogP contribution in [0.5, 0.6) is 0 Å². The summed E-state index contributed by atoms with van der Waals surface area (Å²) in [4.78, 5) is 3.59. The fraction of sp³-hybridized carbons (Fsp3) is 0. The molecule has 1 rings (SSSR count). The Kier molecular flexibility index (Phi) is 2.16. The lowest BCUT2D eigenvalue weighted by molar-refractivity contribution is 0.627. The third kappa shape index (κ3) is 1.74. The average Bonchev–Trinajstić information content (AvgIpc) is 2.03. The molecule has 0 N–H and O–H groups in total. The summed E-state index contributed by atoms with van der Waals surface area (Å²) in [5.74, 6) is -0.285. The van der Waals surface area contributed by atoms with Crippen LogP contribution in [0.1, 0.15) is 5.56 Å². The number of nitrogens with zero attached hydrogens (tertiary/aromatic N) is 1. The Labute approximate surface area is 64.9 Å². The van der Waals surface area contributed by atoms with E-state index >= 15 is 0 Å². The van der Waals surface area contributed by atoms with Crippen molar-refractivity contribution >= 4 is 12.4 Å². The first-order valence-electron chi connectivity index (χ1n) is 3.15. The lowest BCUT2D eigenvalue weighted by Gasteiger charge is -1.97. The Morgan fingerprint density at radius 2 is 2.18 bits per heavy atom. The number of hydrogen-bond donors (Lipinski definition) is 0. The Hall–Kier alpha value is -1.44. The van der Waals surface area contributed by atoms with E-state index in [-0.39, 0.29) is 5.82 Å². The largest absolute Gasteiger partial charge is 0.265 e. The number of halogens is 1. The number of aliphatic imine (C=N–C) groups is 1. The summed E-state index contributed by atoms with van der Waals surface area (Å²) in [5, 5.41) is 0. The van der Waals surface area contributed by atoms with Gasteiger partial charge in [0.2, 0.25) is 0 Å². The summed E-state index contributed by atoms with van der Waals surface area (Å²) in [5.41, 5.74) is 1.16. The van der Waals surface area contributed by atoms with Crippen molar-refractivity contribution in [3.8, 4) is 0 Å². The van der Waals surface area contributed by atoms with Gasteiger partial charge in [0.15, 0.2) is 0 Å². The van der Waals surface area contributed by atoms with Crippen molar-refractivity contribution in [2.45, 2.75) is 0 Å². The van der Waals surface area contributed by atoms with Gasteiger partial charge in [-0.25, -0.2) is 4.39 Å². The SMILES string of the molecule is C=NC(=C)c1cccc(F)c1. The van der Waals surface area contributed by atoms with E-state index in [2.05, 4.69) is 18.3 Å².